The maximum Gasteiger partial charge on any atom is 0.289 e. The van der Waals surface area contributed by atoms with Crippen LogP contribution in [-0.4, -0.2) is 36.6 Å². The highest BCUT2D eigenvalue weighted by atomic mass is 16.5. The number of furan rings is 1. The monoisotopic (exact) mass is 301 g/mol. The van der Waals surface area contributed by atoms with Gasteiger partial charge in [0.2, 0.25) is 0 Å². The maximum absolute atomic E-state index is 12.7. The molecule has 1 aromatic heterocycles. The molecule has 1 heterocycles. The topological polar surface area (TPSA) is 42.7 Å². The van der Waals surface area contributed by atoms with E-state index < -0.39 is 0 Å². The van der Waals surface area contributed by atoms with Crippen LogP contribution in [-0.2, 0) is 4.74 Å². The van der Waals surface area contributed by atoms with Crippen molar-refractivity contribution < 1.29 is 13.9 Å². The van der Waals surface area contributed by atoms with Gasteiger partial charge >= 0.3 is 0 Å². The Bertz CT molecular complexity index is 685. The predicted octanol–water partition coefficient (Wildman–Crippen LogP) is 3.71. The molecule has 0 unspecified atom stereocenters. The van der Waals surface area contributed by atoms with Gasteiger partial charge in [-0.1, -0.05) is 32.0 Å². The fourth-order valence-electron chi connectivity index (χ4n) is 3.48. The summed E-state index contributed by atoms with van der Waals surface area (Å²) in [5.74, 6) is 0.318. The molecule has 1 fully saturated rings. The molecule has 3 rings (SSSR count). The summed E-state index contributed by atoms with van der Waals surface area (Å²) in [5.41, 5.74) is 0.451. The van der Waals surface area contributed by atoms with Crippen molar-refractivity contribution in [3.8, 4) is 0 Å². The molecule has 4 heteroatoms. The predicted molar refractivity (Wildman–Crippen MR) is 85.9 cm³/mol. The van der Waals surface area contributed by atoms with Crippen LogP contribution in [0.1, 0.15) is 37.7 Å². The largest absolute Gasteiger partial charge is 0.451 e. The van der Waals surface area contributed by atoms with E-state index in [1.165, 1.54) is 0 Å². The Kier molecular flexibility index (Phi) is 3.33. The number of nitrogens with zero attached hydrogens (tertiary/aromatic N) is 1. The molecule has 0 bridgehead atoms. The third-order valence-corrected chi connectivity index (χ3v) is 5.65. The number of hydrogen-bond acceptors (Lipinski definition) is 3. The molecule has 22 heavy (non-hydrogen) atoms. The first kappa shape index (κ1) is 15.1. The molecule has 1 saturated carbocycles. The van der Waals surface area contributed by atoms with Gasteiger partial charge in [0.25, 0.3) is 5.91 Å². The van der Waals surface area contributed by atoms with E-state index in [9.17, 15) is 4.79 Å². The maximum atomic E-state index is 12.7. The van der Waals surface area contributed by atoms with Crippen LogP contribution in [0, 0.1) is 5.41 Å². The lowest BCUT2D eigenvalue weighted by Crippen LogP contribution is -2.68. The van der Waals surface area contributed by atoms with E-state index in [4.69, 9.17) is 9.15 Å². The number of hydrogen-bond donors (Lipinski definition) is 0. The minimum Gasteiger partial charge on any atom is -0.451 e. The number of ether oxygens (including phenoxy) is 1. The molecule has 1 aliphatic carbocycles. The molecule has 0 aliphatic heterocycles. The van der Waals surface area contributed by atoms with Crippen LogP contribution in [0.5, 0.6) is 0 Å². The van der Waals surface area contributed by atoms with Gasteiger partial charge < -0.3 is 14.1 Å². The molecule has 2 atom stereocenters. The molecule has 0 radical (unpaired) electrons. The molecular weight excluding hydrogens is 278 g/mol. The Morgan fingerprint density at radius 2 is 2.00 bits per heavy atom. The van der Waals surface area contributed by atoms with Crippen molar-refractivity contribution in [1.29, 1.82) is 0 Å². The third kappa shape index (κ3) is 1.97. The van der Waals surface area contributed by atoms with E-state index in [2.05, 4.69) is 20.8 Å². The smallest absolute Gasteiger partial charge is 0.289 e. The van der Waals surface area contributed by atoms with Crippen molar-refractivity contribution in [2.75, 3.05) is 14.2 Å². The van der Waals surface area contributed by atoms with Crippen molar-refractivity contribution in [2.45, 2.75) is 38.8 Å². The second kappa shape index (κ2) is 4.85. The average molecular weight is 301 g/mol. The van der Waals surface area contributed by atoms with Crippen LogP contribution in [0.2, 0.25) is 0 Å². The first-order valence-electron chi connectivity index (χ1n) is 7.61. The van der Waals surface area contributed by atoms with Crippen molar-refractivity contribution >= 4 is 16.9 Å². The van der Waals surface area contributed by atoms with E-state index in [1.54, 1.807) is 12.0 Å². The number of para-hydroxylation sites is 1. The molecule has 118 valence electrons. The minimum atomic E-state index is -0.194. The molecule has 1 amide bonds. The highest BCUT2D eigenvalue weighted by Crippen LogP contribution is 2.53. The Balaban J connectivity index is 1.84. The number of methoxy groups -OCH3 is 1. The van der Waals surface area contributed by atoms with Gasteiger partial charge in [-0.25, -0.2) is 0 Å². The van der Waals surface area contributed by atoms with Crippen LogP contribution in [0.25, 0.3) is 11.0 Å². The van der Waals surface area contributed by atoms with Crippen molar-refractivity contribution in [3.05, 3.63) is 36.1 Å². The summed E-state index contributed by atoms with van der Waals surface area (Å²) in [5, 5.41) is 0.953. The Labute approximate surface area is 131 Å². The van der Waals surface area contributed by atoms with E-state index >= 15 is 0 Å². The van der Waals surface area contributed by atoms with Gasteiger partial charge in [0.1, 0.15) is 5.58 Å². The average Bonchev–Trinajstić information content (AvgIpc) is 2.94. The lowest BCUT2D eigenvalue weighted by Gasteiger charge is -2.61. The van der Waals surface area contributed by atoms with Crippen LogP contribution in [0.3, 0.4) is 0 Å². The van der Waals surface area contributed by atoms with Crippen LogP contribution >= 0.6 is 0 Å². The second-order valence-corrected chi connectivity index (χ2v) is 6.94. The lowest BCUT2D eigenvalue weighted by atomic mass is 9.55. The SMILES string of the molecule is CO[C@@]1(C)C[C@H](N(C)C(=O)c2cc3ccccc3o2)C1(C)C. The molecule has 0 N–H and O–H groups in total. The number of carbonyl (C=O) groups is 1. The van der Waals surface area contributed by atoms with Crippen molar-refractivity contribution in [1.82, 2.24) is 4.90 Å². The first-order chi connectivity index (χ1) is 10.3. The highest BCUT2D eigenvalue weighted by Gasteiger charge is 2.60. The third-order valence-electron chi connectivity index (χ3n) is 5.65. The number of rotatable bonds is 3. The quantitative estimate of drug-likeness (QED) is 0.868. The Morgan fingerprint density at radius 1 is 1.32 bits per heavy atom. The number of carbonyl (C=O) groups excluding carboxylic acids is 1. The zero-order valence-electron chi connectivity index (χ0n) is 13.8. The second-order valence-electron chi connectivity index (χ2n) is 6.94. The number of benzene rings is 1. The van der Waals surface area contributed by atoms with E-state index in [1.807, 2.05) is 37.4 Å². The van der Waals surface area contributed by atoms with Crippen molar-refractivity contribution in [3.63, 3.8) is 0 Å². The molecule has 0 saturated heterocycles. The highest BCUT2D eigenvalue weighted by molar-refractivity contribution is 5.96. The van der Waals surface area contributed by atoms with Crippen LogP contribution in [0.15, 0.2) is 34.7 Å². The summed E-state index contributed by atoms with van der Waals surface area (Å²) in [6.07, 6.45) is 0.832. The van der Waals surface area contributed by atoms with E-state index in [0.29, 0.717) is 5.76 Å². The van der Waals surface area contributed by atoms with Gasteiger partial charge in [-0.05, 0) is 25.5 Å². The van der Waals surface area contributed by atoms with Crippen LogP contribution in [0.4, 0.5) is 0 Å². The molecule has 1 aliphatic rings. The molecular formula is C18H23NO3. The fourth-order valence-corrected chi connectivity index (χ4v) is 3.48. The first-order valence-corrected chi connectivity index (χ1v) is 7.61. The summed E-state index contributed by atoms with van der Waals surface area (Å²) in [6.45, 7) is 6.39. The zero-order chi connectivity index (χ0) is 16.1. The summed E-state index contributed by atoms with van der Waals surface area (Å²) in [4.78, 5) is 14.5. The minimum absolute atomic E-state index is 0.0765. The fraction of sp³-hybridized carbons (Fsp3) is 0.500. The van der Waals surface area contributed by atoms with Gasteiger partial charge in [0.05, 0.1) is 5.60 Å². The van der Waals surface area contributed by atoms with Gasteiger partial charge in [0, 0.05) is 31.0 Å². The van der Waals surface area contributed by atoms with E-state index in [-0.39, 0.29) is 23.0 Å². The summed E-state index contributed by atoms with van der Waals surface area (Å²) < 4.78 is 11.3. The normalized spacial score (nSPS) is 26.7. The summed E-state index contributed by atoms with van der Waals surface area (Å²) in [7, 11) is 3.58. The van der Waals surface area contributed by atoms with Gasteiger partial charge in [-0.15, -0.1) is 0 Å². The Morgan fingerprint density at radius 3 is 2.59 bits per heavy atom. The number of fused-ring (bicyclic) bond motifs is 1. The van der Waals surface area contributed by atoms with Crippen molar-refractivity contribution in [2.24, 2.45) is 5.41 Å². The molecule has 2 aromatic rings. The lowest BCUT2D eigenvalue weighted by molar-refractivity contribution is -0.198. The van der Waals surface area contributed by atoms with Gasteiger partial charge in [-0.3, -0.25) is 4.79 Å². The Hall–Kier alpha value is -1.81. The van der Waals surface area contributed by atoms with Gasteiger partial charge in [0.15, 0.2) is 5.76 Å². The summed E-state index contributed by atoms with van der Waals surface area (Å²) >= 11 is 0. The van der Waals surface area contributed by atoms with E-state index in [0.717, 1.165) is 17.4 Å². The standard InChI is InChI=1S/C18H23NO3/c1-17(2)15(11-18(17,3)21-5)19(4)16(20)14-10-12-8-6-7-9-13(12)22-14/h6-10,15H,11H2,1-5H3/t15-,18-/m0/s1. The zero-order valence-corrected chi connectivity index (χ0v) is 13.8. The molecule has 4 nitrogen and oxygen atoms in total. The molecule has 0 spiro atoms. The number of amides is 1. The molecule has 1 aromatic carbocycles. The van der Waals surface area contributed by atoms with Gasteiger partial charge in [-0.2, -0.15) is 0 Å². The summed E-state index contributed by atoms with van der Waals surface area (Å²) in [6, 6.07) is 9.62. The van der Waals surface area contributed by atoms with Crippen LogP contribution < -0.4 is 0 Å².